The number of carbonyl (C=O) groups is 1. The van der Waals surface area contributed by atoms with E-state index in [2.05, 4.69) is 4.52 Å². The number of phosphoric acid groups is 1. The van der Waals surface area contributed by atoms with E-state index in [0.29, 0.717) is 0 Å². The number of rotatable bonds is 7. The summed E-state index contributed by atoms with van der Waals surface area (Å²) in [6.45, 7) is -2.01. The Kier molecular flexibility index (Phi) is 22.2. The molecule has 3 atom stereocenters. The molecule has 102 valence electrons. The van der Waals surface area contributed by atoms with Crippen LogP contribution >= 0.6 is 7.82 Å². The van der Waals surface area contributed by atoms with Crippen LogP contribution in [0.2, 0.25) is 0 Å². The summed E-state index contributed by atoms with van der Waals surface area (Å²) in [6.07, 6.45) is -5.94. The van der Waals surface area contributed by atoms with Crippen LogP contribution in [-0.4, -0.2) is 156 Å². The average molecular weight is 332 g/mol. The van der Waals surface area contributed by atoms with Crippen molar-refractivity contribution in [3.05, 3.63) is 0 Å². The first-order chi connectivity index (χ1) is 7.19. The van der Waals surface area contributed by atoms with E-state index in [1.54, 1.807) is 0 Å². The molecule has 0 fully saturated rings. The molecular weight excluding hydrogens is 316 g/mol. The molecule has 0 amide bonds. The Morgan fingerprint density at radius 1 is 1.11 bits per heavy atom. The van der Waals surface area contributed by atoms with Crippen molar-refractivity contribution in [2.45, 2.75) is 18.3 Å². The van der Waals surface area contributed by atoms with Gasteiger partial charge in [-0.3, -0.25) is 9.32 Å². The Hall–Kier alpha value is 2.62. The van der Waals surface area contributed by atoms with Crippen LogP contribution in [0, 0.1) is 0 Å². The van der Waals surface area contributed by atoms with Gasteiger partial charge in [0.15, 0.2) is 5.78 Å². The van der Waals surface area contributed by atoms with Gasteiger partial charge in [-0.25, -0.2) is 4.57 Å². The van der Waals surface area contributed by atoms with E-state index < -0.39 is 45.1 Å². The third-order valence-corrected chi connectivity index (χ3v) is 2.10. The van der Waals surface area contributed by atoms with E-state index in [-0.39, 0.29) is 88.7 Å². The molecule has 0 saturated carbocycles. The van der Waals surface area contributed by atoms with Gasteiger partial charge in [0, 0.05) is 0 Å². The zero-order chi connectivity index (χ0) is 12.9. The molecular formula is C6H16Na3O9P. The Labute approximate surface area is 175 Å². The fraction of sp³-hybridized carbons (Fsp3) is 0.833. The molecule has 0 heterocycles. The SMILES string of the molecule is O=C(CO)C(O)C(O)C(O)COP(=O)(O)O.[NaH].[NaH].[NaH]. The van der Waals surface area contributed by atoms with Crippen molar-refractivity contribution in [2.24, 2.45) is 0 Å². The van der Waals surface area contributed by atoms with Gasteiger partial charge in [-0.15, -0.1) is 0 Å². The van der Waals surface area contributed by atoms with E-state index in [9.17, 15) is 9.36 Å². The van der Waals surface area contributed by atoms with E-state index in [1.165, 1.54) is 0 Å². The summed E-state index contributed by atoms with van der Waals surface area (Å²) in [5.74, 6) is -1.14. The molecule has 6 N–H and O–H groups in total. The summed E-state index contributed by atoms with van der Waals surface area (Å²) in [7, 11) is -4.81. The molecule has 0 spiro atoms. The molecule has 0 rings (SSSR count). The number of carbonyl (C=O) groups excluding carboxylic acids is 1. The summed E-state index contributed by atoms with van der Waals surface area (Å²) in [6, 6.07) is 0. The van der Waals surface area contributed by atoms with Crippen molar-refractivity contribution in [3.63, 3.8) is 0 Å². The minimum atomic E-state index is -4.81. The molecule has 3 unspecified atom stereocenters. The maximum absolute atomic E-state index is 10.7. The second kappa shape index (κ2) is 14.2. The zero-order valence-corrected chi connectivity index (χ0v) is 8.90. The number of ketones is 1. The van der Waals surface area contributed by atoms with Crippen LogP contribution in [0.1, 0.15) is 0 Å². The molecule has 19 heavy (non-hydrogen) atoms. The summed E-state index contributed by atoms with van der Waals surface area (Å²) < 4.78 is 14.1. The molecule has 0 aromatic heterocycles. The van der Waals surface area contributed by atoms with Crippen molar-refractivity contribution >= 4 is 102 Å². The Morgan fingerprint density at radius 2 is 1.53 bits per heavy atom. The van der Waals surface area contributed by atoms with Crippen molar-refractivity contribution < 1.29 is 44.1 Å². The Morgan fingerprint density at radius 3 is 1.84 bits per heavy atom. The normalized spacial score (nSPS) is 15.1. The van der Waals surface area contributed by atoms with E-state index >= 15 is 0 Å². The number of hydrogen-bond donors (Lipinski definition) is 6. The van der Waals surface area contributed by atoms with Crippen LogP contribution in [0.15, 0.2) is 0 Å². The summed E-state index contributed by atoms with van der Waals surface area (Å²) in [4.78, 5) is 27.2. The van der Waals surface area contributed by atoms with Gasteiger partial charge < -0.3 is 30.2 Å². The number of hydrogen-bond acceptors (Lipinski definition) is 7. The molecule has 0 aliphatic heterocycles. The van der Waals surface area contributed by atoms with E-state index in [0.717, 1.165) is 0 Å². The maximum atomic E-state index is 10.7. The van der Waals surface area contributed by atoms with Gasteiger partial charge in [0.1, 0.15) is 24.9 Å². The summed E-state index contributed by atoms with van der Waals surface area (Å²) in [5.41, 5.74) is 0. The molecule has 13 heteroatoms. The molecule has 0 saturated heterocycles. The third kappa shape index (κ3) is 14.0. The van der Waals surface area contributed by atoms with Crippen molar-refractivity contribution in [1.82, 2.24) is 0 Å². The number of aliphatic hydroxyl groups is 4. The van der Waals surface area contributed by atoms with E-state index in [1.807, 2.05) is 0 Å². The second-order valence-corrected chi connectivity index (χ2v) is 4.15. The Bertz CT molecular complexity index is 285. The fourth-order valence-corrected chi connectivity index (χ4v) is 1.11. The molecule has 0 aliphatic carbocycles. The first-order valence-corrected chi connectivity index (χ1v) is 5.60. The van der Waals surface area contributed by atoms with Gasteiger partial charge in [-0.05, 0) is 0 Å². The number of Topliss-reactive ketones (excluding diaryl/α,β-unsaturated/α-hetero) is 1. The Balaban J connectivity index is -0.000000375. The zero-order valence-electron chi connectivity index (χ0n) is 8.00. The fourth-order valence-electron chi connectivity index (χ4n) is 0.766. The van der Waals surface area contributed by atoms with Gasteiger partial charge >= 0.3 is 96.5 Å². The summed E-state index contributed by atoms with van der Waals surface area (Å²) >= 11 is 0. The number of aliphatic hydroxyl groups excluding tert-OH is 4. The standard InChI is InChI=1S/C6H13O9P.3Na.3H/c7-1-3(8)5(10)6(11)4(9)2-15-16(12,13)14;;;;;;/h4-7,9-11H,1-2H2,(H2,12,13,14);;;;;;. The van der Waals surface area contributed by atoms with Crippen LogP contribution < -0.4 is 0 Å². The molecule has 0 bridgehead atoms. The molecule has 0 aromatic rings. The molecule has 9 nitrogen and oxygen atoms in total. The van der Waals surface area contributed by atoms with Crippen LogP contribution in [0.3, 0.4) is 0 Å². The number of phosphoric ester groups is 1. The van der Waals surface area contributed by atoms with Gasteiger partial charge in [-0.2, -0.15) is 0 Å². The monoisotopic (exact) mass is 332 g/mol. The topological polar surface area (TPSA) is 165 Å². The van der Waals surface area contributed by atoms with Crippen LogP contribution in [-0.2, 0) is 13.9 Å². The quantitative estimate of drug-likeness (QED) is 0.197. The first kappa shape index (κ1) is 29.6. The van der Waals surface area contributed by atoms with Crippen molar-refractivity contribution in [3.8, 4) is 0 Å². The second-order valence-electron chi connectivity index (χ2n) is 2.91. The molecule has 0 aromatic carbocycles. The van der Waals surface area contributed by atoms with Gasteiger partial charge in [0.25, 0.3) is 0 Å². The minimum absolute atomic E-state index is 0. The summed E-state index contributed by atoms with van der Waals surface area (Å²) in [5, 5.41) is 35.6. The van der Waals surface area contributed by atoms with Crippen LogP contribution in [0.5, 0.6) is 0 Å². The average Bonchev–Trinajstić information content (AvgIpc) is 2.21. The van der Waals surface area contributed by atoms with Crippen LogP contribution in [0.4, 0.5) is 0 Å². The predicted octanol–water partition coefficient (Wildman–Crippen LogP) is -5.21. The van der Waals surface area contributed by atoms with Crippen molar-refractivity contribution in [2.75, 3.05) is 13.2 Å². The molecule has 0 aliphatic rings. The first-order valence-electron chi connectivity index (χ1n) is 4.07. The molecule has 0 radical (unpaired) electrons. The van der Waals surface area contributed by atoms with Gasteiger partial charge in [0.05, 0.1) is 6.61 Å². The van der Waals surface area contributed by atoms with Gasteiger partial charge in [0.2, 0.25) is 0 Å². The van der Waals surface area contributed by atoms with E-state index in [4.69, 9.17) is 30.2 Å². The predicted molar refractivity (Wildman–Crippen MR) is 69.6 cm³/mol. The van der Waals surface area contributed by atoms with Gasteiger partial charge in [-0.1, -0.05) is 0 Å². The van der Waals surface area contributed by atoms with Crippen LogP contribution in [0.25, 0.3) is 0 Å². The third-order valence-electron chi connectivity index (χ3n) is 1.62. The van der Waals surface area contributed by atoms with Crippen molar-refractivity contribution in [1.29, 1.82) is 0 Å².